The number of phenols is 1. The monoisotopic (exact) mass is 426 g/mol. The van der Waals surface area contributed by atoms with Crippen LogP contribution in [0.4, 0.5) is 0 Å². The lowest BCUT2D eigenvalue weighted by molar-refractivity contribution is 0.221. The molecule has 0 fully saturated rings. The number of aliphatic hydroxyl groups excluding tert-OH is 1. The second-order valence-corrected chi connectivity index (χ2v) is 8.44. The molecule has 0 heterocycles. The Balaban J connectivity index is 1.66. The lowest BCUT2D eigenvalue weighted by atomic mass is 9.86. The van der Waals surface area contributed by atoms with Gasteiger partial charge in [-0.15, -0.1) is 0 Å². The maximum Gasteiger partial charge on any atom is 0.124 e. The first-order valence-electron chi connectivity index (χ1n) is 11.1. The topological polar surface area (TPSA) is 40.5 Å². The van der Waals surface area contributed by atoms with E-state index in [0.29, 0.717) is 0 Å². The number of benzene rings is 6. The van der Waals surface area contributed by atoms with Crippen molar-refractivity contribution in [2.75, 3.05) is 0 Å². The molecule has 0 unspecified atom stereocenters. The van der Waals surface area contributed by atoms with Crippen molar-refractivity contribution in [1.29, 1.82) is 0 Å². The maximum absolute atomic E-state index is 11.6. The summed E-state index contributed by atoms with van der Waals surface area (Å²) in [5.41, 5.74) is 3.21. The molecular weight excluding hydrogens is 404 g/mol. The molecule has 0 aromatic heterocycles. The first-order valence-corrected chi connectivity index (χ1v) is 11.1. The van der Waals surface area contributed by atoms with Crippen LogP contribution in [0.15, 0.2) is 115 Å². The van der Waals surface area contributed by atoms with Crippen molar-refractivity contribution in [1.82, 2.24) is 0 Å². The minimum absolute atomic E-state index is 0.206. The number of aliphatic hydroxyl groups is 1. The van der Waals surface area contributed by atoms with E-state index >= 15 is 0 Å². The average molecular weight is 427 g/mol. The average Bonchev–Trinajstić information content (AvgIpc) is 2.87. The molecule has 0 saturated heterocycles. The lowest BCUT2D eigenvalue weighted by Gasteiger charge is -2.21. The standard InChI is InChI=1S/C31H22O2/c32-28-18-16-22-9-4-6-12-26(22)30(28)29-25-11-5-3-8-21(25)15-17-27(29)31(33)24-14-13-20-7-1-2-10-23(20)19-24/h1-19,31-33H/t31-/m1/s1. The second kappa shape index (κ2) is 7.77. The lowest BCUT2D eigenvalue weighted by Crippen LogP contribution is -2.03. The molecule has 158 valence electrons. The van der Waals surface area contributed by atoms with Gasteiger partial charge >= 0.3 is 0 Å². The molecule has 1 atom stereocenters. The van der Waals surface area contributed by atoms with Crippen molar-refractivity contribution in [2.45, 2.75) is 6.10 Å². The Labute approximate surface area is 192 Å². The minimum Gasteiger partial charge on any atom is -0.507 e. The molecular formula is C31H22O2. The highest BCUT2D eigenvalue weighted by atomic mass is 16.3. The van der Waals surface area contributed by atoms with Crippen LogP contribution < -0.4 is 0 Å². The van der Waals surface area contributed by atoms with E-state index in [4.69, 9.17) is 0 Å². The van der Waals surface area contributed by atoms with Crippen LogP contribution in [0.2, 0.25) is 0 Å². The fourth-order valence-electron chi connectivity index (χ4n) is 4.88. The van der Waals surface area contributed by atoms with E-state index in [9.17, 15) is 10.2 Å². The molecule has 2 nitrogen and oxygen atoms in total. The molecule has 6 rings (SSSR count). The van der Waals surface area contributed by atoms with Gasteiger partial charge in [0.15, 0.2) is 0 Å². The molecule has 0 saturated carbocycles. The van der Waals surface area contributed by atoms with Crippen LogP contribution in [0.25, 0.3) is 43.4 Å². The molecule has 2 heteroatoms. The second-order valence-electron chi connectivity index (χ2n) is 8.44. The van der Waals surface area contributed by atoms with Gasteiger partial charge in [-0.2, -0.15) is 0 Å². The molecule has 0 aliphatic rings. The highest BCUT2D eigenvalue weighted by Crippen LogP contribution is 2.44. The van der Waals surface area contributed by atoms with Crippen LogP contribution >= 0.6 is 0 Å². The number of hydrogen-bond acceptors (Lipinski definition) is 2. The Morgan fingerprint density at radius 2 is 1.03 bits per heavy atom. The highest BCUT2D eigenvalue weighted by Gasteiger charge is 2.22. The summed E-state index contributed by atoms with van der Waals surface area (Å²) in [6, 6.07) is 38.1. The van der Waals surface area contributed by atoms with Crippen molar-refractivity contribution in [3.8, 4) is 16.9 Å². The van der Waals surface area contributed by atoms with Gasteiger partial charge in [-0.05, 0) is 61.1 Å². The van der Waals surface area contributed by atoms with E-state index in [2.05, 4.69) is 24.3 Å². The van der Waals surface area contributed by atoms with Crippen LogP contribution in [0.1, 0.15) is 17.2 Å². The molecule has 33 heavy (non-hydrogen) atoms. The maximum atomic E-state index is 11.6. The third kappa shape index (κ3) is 3.24. The van der Waals surface area contributed by atoms with Gasteiger partial charge in [0.25, 0.3) is 0 Å². The Morgan fingerprint density at radius 1 is 0.485 bits per heavy atom. The number of hydrogen-bond donors (Lipinski definition) is 2. The highest BCUT2D eigenvalue weighted by molar-refractivity contribution is 6.08. The molecule has 2 N–H and O–H groups in total. The third-order valence-electron chi connectivity index (χ3n) is 6.50. The smallest absolute Gasteiger partial charge is 0.124 e. The number of aromatic hydroxyl groups is 1. The zero-order chi connectivity index (χ0) is 22.4. The number of rotatable bonds is 3. The summed E-state index contributed by atoms with van der Waals surface area (Å²) in [6.45, 7) is 0. The van der Waals surface area contributed by atoms with Crippen molar-refractivity contribution in [3.05, 3.63) is 126 Å². The first-order chi connectivity index (χ1) is 16.2. The Hall–Kier alpha value is -4.14. The van der Waals surface area contributed by atoms with E-state index in [1.54, 1.807) is 6.07 Å². The first kappa shape index (κ1) is 19.5. The zero-order valence-electron chi connectivity index (χ0n) is 17.9. The molecule has 6 aromatic carbocycles. The van der Waals surface area contributed by atoms with Gasteiger partial charge in [-0.25, -0.2) is 0 Å². The minimum atomic E-state index is -0.840. The van der Waals surface area contributed by atoms with Crippen LogP contribution in [0.3, 0.4) is 0 Å². The predicted octanol–water partition coefficient (Wildman–Crippen LogP) is 7.60. The molecule has 0 spiro atoms. The van der Waals surface area contributed by atoms with Gasteiger partial charge in [0.05, 0.1) is 0 Å². The van der Waals surface area contributed by atoms with Crippen LogP contribution in [-0.4, -0.2) is 10.2 Å². The van der Waals surface area contributed by atoms with E-state index in [0.717, 1.165) is 54.6 Å². The molecule has 0 bridgehead atoms. The fraction of sp³-hybridized carbons (Fsp3) is 0.0323. The Morgan fingerprint density at radius 3 is 1.76 bits per heavy atom. The predicted molar refractivity (Wildman–Crippen MR) is 137 cm³/mol. The number of phenolic OH excluding ortho intramolecular Hbond substituents is 1. The molecule has 6 aromatic rings. The van der Waals surface area contributed by atoms with Crippen molar-refractivity contribution < 1.29 is 10.2 Å². The number of fused-ring (bicyclic) bond motifs is 3. The summed E-state index contributed by atoms with van der Waals surface area (Å²) in [4.78, 5) is 0. The summed E-state index contributed by atoms with van der Waals surface area (Å²) in [5, 5.41) is 29.0. The molecule has 0 aliphatic heterocycles. The van der Waals surface area contributed by atoms with Gasteiger partial charge in [0.1, 0.15) is 11.9 Å². The summed E-state index contributed by atoms with van der Waals surface area (Å²) in [7, 11) is 0. The van der Waals surface area contributed by atoms with Gasteiger partial charge in [0.2, 0.25) is 0 Å². The molecule has 0 radical (unpaired) electrons. The summed E-state index contributed by atoms with van der Waals surface area (Å²) >= 11 is 0. The van der Waals surface area contributed by atoms with Crippen molar-refractivity contribution >= 4 is 32.3 Å². The van der Waals surface area contributed by atoms with Gasteiger partial charge < -0.3 is 10.2 Å². The summed E-state index contributed by atoms with van der Waals surface area (Å²) in [5.74, 6) is 0.206. The molecule has 0 amide bonds. The van der Waals surface area contributed by atoms with E-state index < -0.39 is 6.10 Å². The van der Waals surface area contributed by atoms with Crippen LogP contribution in [-0.2, 0) is 0 Å². The van der Waals surface area contributed by atoms with Gasteiger partial charge in [-0.1, -0.05) is 103 Å². The Bertz CT molecular complexity index is 1650. The van der Waals surface area contributed by atoms with Crippen molar-refractivity contribution in [3.63, 3.8) is 0 Å². The quantitative estimate of drug-likeness (QED) is 0.306. The fourth-order valence-corrected chi connectivity index (χ4v) is 4.88. The summed E-state index contributed by atoms with van der Waals surface area (Å²) in [6.07, 6.45) is -0.840. The van der Waals surface area contributed by atoms with Crippen LogP contribution in [0.5, 0.6) is 5.75 Å². The van der Waals surface area contributed by atoms with Crippen molar-refractivity contribution in [2.24, 2.45) is 0 Å². The van der Waals surface area contributed by atoms with Crippen LogP contribution in [0, 0.1) is 0 Å². The third-order valence-corrected chi connectivity index (χ3v) is 6.50. The summed E-state index contributed by atoms with van der Waals surface area (Å²) < 4.78 is 0. The van der Waals surface area contributed by atoms with Gasteiger partial charge in [0, 0.05) is 5.56 Å². The molecule has 0 aliphatic carbocycles. The Kier molecular flexibility index (Phi) is 4.60. The SMILES string of the molecule is Oc1ccc2ccccc2c1-c1c([C@H](O)c2ccc3ccccc3c2)ccc2ccccc12. The van der Waals surface area contributed by atoms with E-state index in [1.807, 2.05) is 84.9 Å². The van der Waals surface area contributed by atoms with E-state index in [1.165, 1.54) is 0 Å². The van der Waals surface area contributed by atoms with E-state index in [-0.39, 0.29) is 5.75 Å². The van der Waals surface area contributed by atoms with Gasteiger partial charge in [-0.3, -0.25) is 0 Å². The normalized spacial score (nSPS) is 12.4. The zero-order valence-corrected chi connectivity index (χ0v) is 17.9. The largest absolute Gasteiger partial charge is 0.507 e.